The number of benzene rings is 1. The summed E-state index contributed by atoms with van der Waals surface area (Å²) < 4.78 is 26.8. The van der Waals surface area contributed by atoms with Gasteiger partial charge in [-0.3, -0.25) is 0 Å². The molecule has 20 heavy (non-hydrogen) atoms. The highest BCUT2D eigenvalue weighted by atomic mass is 32.2. The van der Waals surface area contributed by atoms with Crippen LogP contribution in [-0.4, -0.2) is 31.1 Å². The van der Waals surface area contributed by atoms with E-state index in [1.54, 1.807) is 24.3 Å². The Kier molecular flexibility index (Phi) is 7.58. The molecule has 0 aliphatic rings. The molecule has 1 rings (SSSR count). The third kappa shape index (κ3) is 6.74. The van der Waals surface area contributed by atoms with E-state index in [9.17, 15) is 8.42 Å². The van der Waals surface area contributed by atoms with E-state index < -0.39 is 10.0 Å². The lowest BCUT2D eigenvalue weighted by Gasteiger charge is -2.14. The van der Waals surface area contributed by atoms with Gasteiger partial charge in [-0.25, -0.2) is 13.1 Å². The van der Waals surface area contributed by atoms with Gasteiger partial charge in [-0.15, -0.1) is 0 Å². The summed E-state index contributed by atoms with van der Waals surface area (Å²) in [5.41, 5.74) is 1.51. The molecule has 0 radical (unpaired) electrons. The maximum atomic E-state index is 12.0. The minimum atomic E-state index is -3.31. The van der Waals surface area contributed by atoms with Crippen molar-refractivity contribution in [2.45, 2.75) is 38.7 Å². The van der Waals surface area contributed by atoms with Crippen molar-refractivity contribution in [3.63, 3.8) is 0 Å². The molecule has 0 saturated carbocycles. The first kappa shape index (κ1) is 17.5. The van der Waals surface area contributed by atoms with Crippen LogP contribution in [0.3, 0.4) is 0 Å². The summed E-state index contributed by atoms with van der Waals surface area (Å²) >= 11 is 1.81. The van der Waals surface area contributed by atoms with Gasteiger partial charge in [-0.05, 0) is 36.0 Å². The summed E-state index contributed by atoms with van der Waals surface area (Å²) in [5, 5.41) is 8.95. The monoisotopic (exact) mass is 317 g/mol. The zero-order valence-corrected chi connectivity index (χ0v) is 13.6. The fourth-order valence-electron chi connectivity index (χ4n) is 1.77. The second kappa shape index (κ2) is 8.67. The van der Waals surface area contributed by atoms with Crippen LogP contribution in [0.1, 0.15) is 31.4 Å². The third-order valence-electron chi connectivity index (χ3n) is 2.84. The number of sulfonamides is 1. The minimum Gasteiger partial charge on any atom is -0.392 e. The third-order valence-corrected chi connectivity index (χ3v) is 5.25. The van der Waals surface area contributed by atoms with Crippen LogP contribution in [0.15, 0.2) is 24.3 Å². The van der Waals surface area contributed by atoms with Gasteiger partial charge in [0.2, 0.25) is 10.0 Å². The van der Waals surface area contributed by atoms with Crippen LogP contribution < -0.4 is 4.72 Å². The Morgan fingerprint density at radius 1 is 1.25 bits per heavy atom. The van der Waals surface area contributed by atoms with Gasteiger partial charge < -0.3 is 5.11 Å². The Morgan fingerprint density at radius 3 is 2.40 bits per heavy atom. The van der Waals surface area contributed by atoms with E-state index in [0.29, 0.717) is 0 Å². The van der Waals surface area contributed by atoms with E-state index in [2.05, 4.69) is 11.6 Å². The molecule has 114 valence electrons. The molecule has 6 heteroatoms. The molecule has 0 aliphatic heterocycles. The summed E-state index contributed by atoms with van der Waals surface area (Å²) in [6, 6.07) is 6.92. The maximum Gasteiger partial charge on any atom is 0.216 e. The van der Waals surface area contributed by atoms with Crippen molar-refractivity contribution in [3.05, 3.63) is 35.4 Å². The first-order valence-electron chi connectivity index (χ1n) is 6.73. The van der Waals surface area contributed by atoms with Gasteiger partial charge in [0.1, 0.15) is 0 Å². The number of aliphatic hydroxyl groups is 1. The number of aliphatic hydroxyl groups excluding tert-OH is 1. The zero-order chi connectivity index (χ0) is 15.0. The second-order valence-electron chi connectivity index (χ2n) is 4.74. The molecular formula is C14H23NO3S2. The smallest absolute Gasteiger partial charge is 0.216 e. The quantitative estimate of drug-likeness (QED) is 0.685. The summed E-state index contributed by atoms with van der Waals surface area (Å²) in [4.78, 5) is 0. The van der Waals surface area contributed by atoms with Crippen molar-refractivity contribution >= 4 is 21.8 Å². The van der Waals surface area contributed by atoms with Gasteiger partial charge in [-0.2, -0.15) is 11.8 Å². The van der Waals surface area contributed by atoms with Crippen LogP contribution in [-0.2, 0) is 22.4 Å². The lowest BCUT2D eigenvalue weighted by Crippen LogP contribution is -2.33. The highest BCUT2D eigenvalue weighted by Crippen LogP contribution is 2.10. The van der Waals surface area contributed by atoms with E-state index in [-0.39, 0.29) is 18.4 Å². The Bertz CT molecular complexity index is 486. The van der Waals surface area contributed by atoms with Gasteiger partial charge in [0.05, 0.1) is 12.4 Å². The van der Waals surface area contributed by atoms with Crippen LogP contribution in [0.4, 0.5) is 0 Å². The molecule has 0 aromatic heterocycles. The zero-order valence-electron chi connectivity index (χ0n) is 12.0. The SMILES string of the molecule is CCSCCC(C)NS(=O)(=O)Cc1ccc(CO)cc1. The number of rotatable bonds is 9. The number of nitrogens with one attached hydrogen (secondary N) is 1. The van der Waals surface area contributed by atoms with Gasteiger partial charge in [-0.1, -0.05) is 31.2 Å². The van der Waals surface area contributed by atoms with Gasteiger partial charge in [0, 0.05) is 6.04 Å². The molecule has 0 aliphatic carbocycles. The summed E-state index contributed by atoms with van der Waals surface area (Å²) in [6.07, 6.45) is 0.835. The lowest BCUT2D eigenvalue weighted by molar-refractivity contribution is 0.282. The average Bonchev–Trinajstić information content (AvgIpc) is 2.38. The molecule has 0 spiro atoms. The van der Waals surface area contributed by atoms with Crippen molar-refractivity contribution in [3.8, 4) is 0 Å². The topological polar surface area (TPSA) is 66.4 Å². The first-order valence-corrected chi connectivity index (χ1v) is 9.54. The average molecular weight is 317 g/mol. The molecule has 0 heterocycles. The first-order chi connectivity index (χ1) is 9.46. The predicted molar refractivity (Wildman–Crippen MR) is 85.2 cm³/mol. The Balaban J connectivity index is 2.51. The van der Waals surface area contributed by atoms with Gasteiger partial charge >= 0.3 is 0 Å². The van der Waals surface area contributed by atoms with Gasteiger partial charge in [0.25, 0.3) is 0 Å². The van der Waals surface area contributed by atoms with Crippen LogP contribution >= 0.6 is 11.8 Å². The molecule has 0 saturated heterocycles. The van der Waals surface area contributed by atoms with Gasteiger partial charge in [0.15, 0.2) is 0 Å². The molecule has 1 atom stereocenters. The predicted octanol–water partition coefficient (Wildman–Crippen LogP) is 2.13. The molecule has 0 amide bonds. The Labute approximate surface area is 126 Å². The molecule has 0 fully saturated rings. The van der Waals surface area contributed by atoms with Crippen molar-refractivity contribution in [1.82, 2.24) is 4.72 Å². The lowest BCUT2D eigenvalue weighted by atomic mass is 10.2. The van der Waals surface area contributed by atoms with E-state index in [1.165, 1.54) is 0 Å². The van der Waals surface area contributed by atoms with Crippen LogP contribution in [0, 0.1) is 0 Å². The van der Waals surface area contributed by atoms with E-state index in [4.69, 9.17) is 5.11 Å². The number of thioether (sulfide) groups is 1. The molecule has 1 aromatic rings. The normalized spacial score (nSPS) is 13.3. The molecule has 2 N–H and O–H groups in total. The molecular weight excluding hydrogens is 294 g/mol. The summed E-state index contributed by atoms with van der Waals surface area (Å²) in [7, 11) is -3.31. The molecule has 1 unspecified atom stereocenters. The minimum absolute atomic E-state index is 0.0238. The highest BCUT2D eigenvalue weighted by molar-refractivity contribution is 7.99. The van der Waals surface area contributed by atoms with E-state index in [1.807, 2.05) is 18.7 Å². The fourth-order valence-corrected chi connectivity index (χ4v) is 4.03. The van der Waals surface area contributed by atoms with E-state index in [0.717, 1.165) is 29.1 Å². The summed E-state index contributed by atoms with van der Waals surface area (Å²) in [5.74, 6) is 1.99. The van der Waals surface area contributed by atoms with Crippen LogP contribution in [0.25, 0.3) is 0 Å². The van der Waals surface area contributed by atoms with Crippen molar-refractivity contribution in [2.75, 3.05) is 11.5 Å². The molecule has 0 bridgehead atoms. The van der Waals surface area contributed by atoms with E-state index >= 15 is 0 Å². The molecule has 1 aromatic carbocycles. The highest BCUT2D eigenvalue weighted by Gasteiger charge is 2.15. The molecule has 4 nitrogen and oxygen atoms in total. The van der Waals surface area contributed by atoms with Crippen LogP contribution in [0.2, 0.25) is 0 Å². The number of hydrogen-bond acceptors (Lipinski definition) is 4. The van der Waals surface area contributed by atoms with Crippen molar-refractivity contribution in [1.29, 1.82) is 0 Å². The van der Waals surface area contributed by atoms with Crippen molar-refractivity contribution < 1.29 is 13.5 Å². The largest absolute Gasteiger partial charge is 0.392 e. The van der Waals surface area contributed by atoms with Crippen molar-refractivity contribution in [2.24, 2.45) is 0 Å². The standard InChI is InChI=1S/C14H23NO3S2/c1-3-19-9-8-12(2)15-20(17,18)11-14-6-4-13(10-16)5-7-14/h4-7,12,15-16H,3,8-11H2,1-2H3. The number of hydrogen-bond donors (Lipinski definition) is 2. The fraction of sp³-hybridized carbons (Fsp3) is 0.571. The van der Waals surface area contributed by atoms with Crippen LogP contribution in [0.5, 0.6) is 0 Å². The Morgan fingerprint density at radius 2 is 1.85 bits per heavy atom. The second-order valence-corrected chi connectivity index (χ2v) is 7.89. The Hall–Kier alpha value is -0.560. The maximum absolute atomic E-state index is 12.0. The summed E-state index contributed by atoms with van der Waals surface area (Å²) in [6.45, 7) is 3.95.